The maximum atomic E-state index is 11.1. The average Bonchev–Trinajstić information content (AvgIpc) is 2.91. The molecule has 184 valence electrons. The van der Waals surface area contributed by atoms with E-state index in [1.54, 1.807) is 0 Å². The Morgan fingerprint density at radius 3 is 2.06 bits per heavy atom. The summed E-state index contributed by atoms with van der Waals surface area (Å²) in [6, 6.07) is 35.0. The van der Waals surface area contributed by atoms with E-state index < -0.39 is 0 Å². The molecule has 1 amide bonds. The molecule has 1 heterocycles. The molecule has 0 saturated carbocycles. The molecule has 0 saturated heterocycles. The van der Waals surface area contributed by atoms with Crippen molar-refractivity contribution in [2.75, 3.05) is 19.7 Å². The lowest BCUT2D eigenvalue weighted by molar-refractivity contribution is -0.117. The molecule has 0 bridgehead atoms. The van der Waals surface area contributed by atoms with Crippen LogP contribution in [0.3, 0.4) is 0 Å². The summed E-state index contributed by atoms with van der Waals surface area (Å²) in [5, 5.41) is 0. The Hall–Kier alpha value is -3.96. The van der Waals surface area contributed by atoms with Gasteiger partial charge in [-0.1, -0.05) is 78.9 Å². The number of carbonyl (C=O) groups excluding carboxylic acids is 1. The van der Waals surface area contributed by atoms with Crippen molar-refractivity contribution in [2.24, 2.45) is 5.73 Å². The molecule has 3 aromatic carbocycles. The molecule has 0 unspecified atom stereocenters. The van der Waals surface area contributed by atoms with Gasteiger partial charge in [0, 0.05) is 31.7 Å². The number of nitrogens with two attached hydrogens (primary N) is 1. The summed E-state index contributed by atoms with van der Waals surface area (Å²) in [7, 11) is 0. The predicted octanol–water partition coefficient (Wildman–Crippen LogP) is 5.21. The summed E-state index contributed by atoms with van der Waals surface area (Å²) in [6.07, 6.45) is 2.98. The lowest BCUT2D eigenvalue weighted by Crippen LogP contribution is -2.31. The van der Waals surface area contributed by atoms with E-state index in [1.165, 1.54) is 11.1 Å². The fraction of sp³-hybridized carbons (Fsp3) is 0.226. The first-order valence-electron chi connectivity index (χ1n) is 12.4. The summed E-state index contributed by atoms with van der Waals surface area (Å²) in [5.74, 6) is 0.724. The van der Waals surface area contributed by atoms with Crippen LogP contribution in [0, 0.1) is 0 Å². The fourth-order valence-corrected chi connectivity index (χ4v) is 4.37. The number of nitrogens with zero attached hydrogens (tertiary/aromatic N) is 2. The molecule has 0 aliphatic carbocycles. The number of carbonyl (C=O) groups is 1. The molecule has 0 fully saturated rings. The summed E-state index contributed by atoms with van der Waals surface area (Å²) in [6.45, 7) is 3.15. The molecule has 1 aromatic heterocycles. The van der Waals surface area contributed by atoms with E-state index in [1.807, 2.05) is 42.6 Å². The third-order valence-electron chi connectivity index (χ3n) is 6.15. The second kappa shape index (κ2) is 13.2. The number of hydrogen-bond donors (Lipinski definition) is 1. The van der Waals surface area contributed by atoms with Gasteiger partial charge >= 0.3 is 0 Å². The van der Waals surface area contributed by atoms with Crippen LogP contribution in [0.15, 0.2) is 109 Å². The first-order valence-corrected chi connectivity index (χ1v) is 12.4. The molecule has 2 N–H and O–H groups in total. The van der Waals surface area contributed by atoms with Crippen LogP contribution < -0.4 is 10.5 Å². The van der Waals surface area contributed by atoms with Crippen molar-refractivity contribution < 1.29 is 9.53 Å². The van der Waals surface area contributed by atoms with E-state index in [9.17, 15) is 4.79 Å². The van der Waals surface area contributed by atoms with Crippen molar-refractivity contribution in [1.29, 1.82) is 0 Å². The number of primary amides is 1. The average molecular weight is 480 g/mol. The number of hydrogen-bond acceptors (Lipinski definition) is 4. The standard InChI is InChI=1S/C31H33N3O2/c32-31(35)22-25-15-17-29(18-16-25)36-21-9-20-34(23-28-14-7-8-19-33-28)24-30(26-10-3-1-4-11-26)27-12-5-2-6-13-27/h1-8,10-19,30H,9,20-24H2,(H2,32,35). The van der Waals surface area contributed by atoms with Crippen molar-refractivity contribution in [2.45, 2.75) is 25.3 Å². The van der Waals surface area contributed by atoms with E-state index >= 15 is 0 Å². The second-order valence-corrected chi connectivity index (χ2v) is 8.92. The topological polar surface area (TPSA) is 68.5 Å². The predicted molar refractivity (Wildman–Crippen MR) is 144 cm³/mol. The van der Waals surface area contributed by atoms with Gasteiger partial charge in [0.05, 0.1) is 18.7 Å². The molecule has 36 heavy (non-hydrogen) atoms. The molecule has 0 spiro atoms. The Kier molecular flexibility index (Phi) is 9.23. The van der Waals surface area contributed by atoms with Gasteiger partial charge in [-0.25, -0.2) is 0 Å². The normalized spacial score (nSPS) is 11.1. The van der Waals surface area contributed by atoms with Gasteiger partial charge in [-0.05, 0) is 47.4 Å². The fourth-order valence-electron chi connectivity index (χ4n) is 4.37. The van der Waals surface area contributed by atoms with Crippen LogP contribution in [0.25, 0.3) is 0 Å². The van der Waals surface area contributed by atoms with Crippen molar-refractivity contribution in [3.05, 3.63) is 132 Å². The summed E-state index contributed by atoms with van der Waals surface area (Å²) < 4.78 is 5.98. The van der Waals surface area contributed by atoms with Gasteiger partial charge < -0.3 is 10.5 Å². The molecular weight excluding hydrogens is 446 g/mol. The number of pyridine rings is 1. The molecule has 4 aromatic rings. The van der Waals surface area contributed by atoms with Crippen molar-refractivity contribution in [3.8, 4) is 5.75 Å². The Bertz CT molecular complexity index is 1140. The van der Waals surface area contributed by atoms with E-state index in [4.69, 9.17) is 10.5 Å². The van der Waals surface area contributed by atoms with Gasteiger partial charge in [-0.15, -0.1) is 0 Å². The summed E-state index contributed by atoms with van der Waals surface area (Å²) in [4.78, 5) is 18.1. The first-order chi connectivity index (χ1) is 17.7. The van der Waals surface area contributed by atoms with Crippen LogP contribution in [-0.2, 0) is 17.8 Å². The van der Waals surface area contributed by atoms with Gasteiger partial charge in [0.1, 0.15) is 5.75 Å². The van der Waals surface area contributed by atoms with E-state index in [0.717, 1.165) is 43.1 Å². The van der Waals surface area contributed by atoms with Gasteiger partial charge in [0.25, 0.3) is 0 Å². The highest BCUT2D eigenvalue weighted by Crippen LogP contribution is 2.26. The van der Waals surface area contributed by atoms with Crippen LogP contribution in [0.2, 0.25) is 0 Å². The molecule has 0 aliphatic heterocycles. The highest BCUT2D eigenvalue weighted by atomic mass is 16.5. The van der Waals surface area contributed by atoms with E-state index in [-0.39, 0.29) is 18.2 Å². The first kappa shape index (κ1) is 25.1. The molecule has 5 heteroatoms. The van der Waals surface area contributed by atoms with Gasteiger partial charge in [-0.3, -0.25) is 14.7 Å². The largest absolute Gasteiger partial charge is 0.494 e. The Morgan fingerprint density at radius 2 is 1.47 bits per heavy atom. The lowest BCUT2D eigenvalue weighted by atomic mass is 9.90. The quantitative estimate of drug-likeness (QED) is 0.267. The van der Waals surface area contributed by atoms with Crippen molar-refractivity contribution >= 4 is 5.91 Å². The number of ether oxygens (including phenoxy) is 1. The van der Waals surface area contributed by atoms with Gasteiger partial charge in [0.2, 0.25) is 5.91 Å². The molecule has 0 radical (unpaired) electrons. The van der Waals surface area contributed by atoms with Crippen LogP contribution in [0.1, 0.15) is 34.7 Å². The monoisotopic (exact) mass is 479 g/mol. The Labute approximate surface area is 213 Å². The number of rotatable bonds is 13. The molecule has 0 aliphatic rings. The van der Waals surface area contributed by atoms with Gasteiger partial charge in [-0.2, -0.15) is 0 Å². The zero-order chi connectivity index (χ0) is 25.0. The lowest BCUT2D eigenvalue weighted by Gasteiger charge is -2.28. The summed E-state index contributed by atoms with van der Waals surface area (Å²) in [5.41, 5.74) is 9.84. The molecular formula is C31H33N3O2. The maximum Gasteiger partial charge on any atom is 0.221 e. The summed E-state index contributed by atoms with van der Waals surface area (Å²) >= 11 is 0. The smallest absolute Gasteiger partial charge is 0.221 e. The minimum absolute atomic E-state index is 0.243. The zero-order valence-corrected chi connectivity index (χ0v) is 20.5. The van der Waals surface area contributed by atoms with Crippen molar-refractivity contribution in [3.63, 3.8) is 0 Å². The number of aromatic nitrogens is 1. The number of benzene rings is 3. The van der Waals surface area contributed by atoms with Crippen LogP contribution >= 0.6 is 0 Å². The highest BCUT2D eigenvalue weighted by Gasteiger charge is 2.19. The SMILES string of the molecule is NC(=O)Cc1ccc(OCCCN(Cc2ccccn2)CC(c2ccccc2)c2ccccc2)cc1. The Morgan fingerprint density at radius 1 is 0.833 bits per heavy atom. The molecule has 0 atom stereocenters. The third kappa shape index (κ3) is 7.79. The third-order valence-corrected chi connectivity index (χ3v) is 6.15. The number of amides is 1. The van der Waals surface area contributed by atoms with Gasteiger partial charge in [0.15, 0.2) is 0 Å². The van der Waals surface area contributed by atoms with Crippen LogP contribution in [0.4, 0.5) is 0 Å². The van der Waals surface area contributed by atoms with Crippen LogP contribution in [0.5, 0.6) is 5.75 Å². The minimum atomic E-state index is -0.332. The van der Waals surface area contributed by atoms with E-state index in [2.05, 4.69) is 76.6 Å². The molecule has 5 nitrogen and oxygen atoms in total. The molecule has 4 rings (SSSR count). The van der Waals surface area contributed by atoms with Crippen molar-refractivity contribution in [1.82, 2.24) is 9.88 Å². The zero-order valence-electron chi connectivity index (χ0n) is 20.5. The second-order valence-electron chi connectivity index (χ2n) is 8.92. The minimum Gasteiger partial charge on any atom is -0.494 e. The maximum absolute atomic E-state index is 11.1. The highest BCUT2D eigenvalue weighted by molar-refractivity contribution is 5.76. The van der Waals surface area contributed by atoms with Crippen LogP contribution in [-0.4, -0.2) is 35.5 Å². The Balaban J connectivity index is 1.42. The van der Waals surface area contributed by atoms with E-state index in [0.29, 0.717) is 6.61 Å².